The van der Waals surface area contributed by atoms with Crippen molar-refractivity contribution < 1.29 is 9.90 Å². The first-order chi connectivity index (χ1) is 11.2. The maximum atomic E-state index is 11.9. The van der Waals surface area contributed by atoms with Crippen molar-refractivity contribution in [3.05, 3.63) is 66.0 Å². The predicted octanol–water partition coefficient (Wildman–Crippen LogP) is 2.35. The lowest BCUT2D eigenvalue weighted by Gasteiger charge is -2.10. The number of rotatable bonds is 6. The van der Waals surface area contributed by atoms with Crippen LogP contribution in [0.1, 0.15) is 23.9 Å². The molecule has 2 aromatic carbocycles. The SMILES string of the molecule is O=C(CC(O)c1ccccc1)NCCc1nc2ccccc2[nH]1. The minimum atomic E-state index is -0.776. The highest BCUT2D eigenvalue weighted by atomic mass is 16.3. The number of amides is 1. The average Bonchev–Trinajstić information content (AvgIpc) is 2.98. The third-order valence-corrected chi connectivity index (χ3v) is 3.69. The van der Waals surface area contributed by atoms with Crippen molar-refractivity contribution in [3.8, 4) is 0 Å². The van der Waals surface area contributed by atoms with Crippen LogP contribution >= 0.6 is 0 Å². The summed E-state index contributed by atoms with van der Waals surface area (Å²) in [5, 5.41) is 12.8. The summed E-state index contributed by atoms with van der Waals surface area (Å²) in [6, 6.07) is 17.0. The quantitative estimate of drug-likeness (QED) is 0.654. The van der Waals surface area contributed by atoms with Gasteiger partial charge in [-0.1, -0.05) is 42.5 Å². The van der Waals surface area contributed by atoms with Gasteiger partial charge in [0.15, 0.2) is 0 Å². The molecule has 5 heteroatoms. The van der Waals surface area contributed by atoms with E-state index in [4.69, 9.17) is 0 Å². The molecule has 3 aromatic rings. The second-order valence-corrected chi connectivity index (χ2v) is 5.43. The van der Waals surface area contributed by atoms with Gasteiger partial charge < -0.3 is 15.4 Å². The van der Waals surface area contributed by atoms with Crippen LogP contribution in [0, 0.1) is 0 Å². The lowest BCUT2D eigenvalue weighted by molar-refractivity contribution is -0.123. The molecule has 1 amide bonds. The molecule has 0 saturated heterocycles. The van der Waals surface area contributed by atoms with E-state index in [1.165, 1.54) is 0 Å². The van der Waals surface area contributed by atoms with E-state index in [9.17, 15) is 9.90 Å². The number of aromatic nitrogens is 2. The second kappa shape index (κ2) is 7.07. The molecule has 3 N–H and O–H groups in total. The number of nitrogens with zero attached hydrogens (tertiary/aromatic N) is 1. The number of imidazole rings is 1. The van der Waals surface area contributed by atoms with Gasteiger partial charge in [0, 0.05) is 13.0 Å². The number of nitrogens with one attached hydrogen (secondary N) is 2. The number of hydrogen-bond acceptors (Lipinski definition) is 3. The molecule has 0 bridgehead atoms. The zero-order chi connectivity index (χ0) is 16.1. The third kappa shape index (κ3) is 3.96. The number of aromatic amines is 1. The van der Waals surface area contributed by atoms with Crippen molar-refractivity contribution in [3.63, 3.8) is 0 Å². The van der Waals surface area contributed by atoms with Gasteiger partial charge in [-0.05, 0) is 17.7 Å². The summed E-state index contributed by atoms with van der Waals surface area (Å²) in [5.74, 6) is 0.674. The molecule has 0 saturated carbocycles. The lowest BCUT2D eigenvalue weighted by Crippen LogP contribution is -2.27. The first-order valence-corrected chi connectivity index (χ1v) is 7.66. The van der Waals surface area contributed by atoms with Crippen LogP contribution < -0.4 is 5.32 Å². The number of fused-ring (bicyclic) bond motifs is 1. The Morgan fingerprint density at radius 1 is 1.13 bits per heavy atom. The van der Waals surface area contributed by atoms with Crippen LogP contribution in [0.15, 0.2) is 54.6 Å². The summed E-state index contributed by atoms with van der Waals surface area (Å²) in [6.07, 6.45) is -0.0891. The van der Waals surface area contributed by atoms with Crippen LogP contribution in [-0.2, 0) is 11.2 Å². The smallest absolute Gasteiger partial charge is 0.222 e. The maximum Gasteiger partial charge on any atom is 0.222 e. The fourth-order valence-electron chi connectivity index (χ4n) is 2.49. The zero-order valence-corrected chi connectivity index (χ0v) is 12.7. The highest BCUT2D eigenvalue weighted by molar-refractivity contribution is 5.77. The Labute approximate surface area is 134 Å². The molecular formula is C18H19N3O2. The number of aliphatic hydroxyl groups excluding tert-OH is 1. The van der Waals surface area contributed by atoms with Gasteiger partial charge in [0.25, 0.3) is 0 Å². The Hall–Kier alpha value is -2.66. The van der Waals surface area contributed by atoms with Gasteiger partial charge in [-0.3, -0.25) is 4.79 Å². The highest BCUT2D eigenvalue weighted by Crippen LogP contribution is 2.15. The van der Waals surface area contributed by atoms with Gasteiger partial charge in [-0.15, -0.1) is 0 Å². The van der Waals surface area contributed by atoms with Gasteiger partial charge in [0.2, 0.25) is 5.91 Å². The molecule has 0 radical (unpaired) electrons. The Morgan fingerprint density at radius 2 is 1.87 bits per heavy atom. The summed E-state index contributed by atoms with van der Waals surface area (Å²) in [4.78, 5) is 19.6. The zero-order valence-electron chi connectivity index (χ0n) is 12.7. The first-order valence-electron chi connectivity index (χ1n) is 7.66. The molecule has 118 valence electrons. The fourth-order valence-corrected chi connectivity index (χ4v) is 2.49. The van der Waals surface area contributed by atoms with E-state index in [1.807, 2.05) is 54.6 Å². The molecule has 5 nitrogen and oxygen atoms in total. The second-order valence-electron chi connectivity index (χ2n) is 5.43. The van der Waals surface area contributed by atoms with Gasteiger partial charge >= 0.3 is 0 Å². The van der Waals surface area contributed by atoms with Crippen LogP contribution in [-0.4, -0.2) is 27.5 Å². The molecule has 0 fully saturated rings. The van der Waals surface area contributed by atoms with Crippen molar-refractivity contribution in [2.75, 3.05) is 6.54 Å². The number of para-hydroxylation sites is 2. The van der Waals surface area contributed by atoms with E-state index in [0.29, 0.717) is 13.0 Å². The van der Waals surface area contributed by atoms with Crippen molar-refractivity contribution in [2.24, 2.45) is 0 Å². The Morgan fingerprint density at radius 3 is 2.65 bits per heavy atom. The molecule has 0 aliphatic carbocycles. The minimum Gasteiger partial charge on any atom is -0.388 e. The van der Waals surface area contributed by atoms with Gasteiger partial charge in [0.1, 0.15) is 5.82 Å². The van der Waals surface area contributed by atoms with Gasteiger partial charge in [-0.2, -0.15) is 0 Å². The number of benzene rings is 2. The molecule has 1 aromatic heterocycles. The van der Waals surface area contributed by atoms with Gasteiger partial charge in [-0.25, -0.2) is 4.98 Å². The summed E-state index contributed by atoms with van der Waals surface area (Å²) in [7, 11) is 0. The standard InChI is InChI=1S/C18H19N3O2/c22-16(13-6-2-1-3-7-13)12-18(23)19-11-10-17-20-14-8-4-5-9-15(14)21-17/h1-9,16,22H,10-12H2,(H,19,23)(H,20,21). The summed E-state index contributed by atoms with van der Waals surface area (Å²) in [5.41, 5.74) is 2.67. The Balaban J connectivity index is 1.47. The number of carbonyl (C=O) groups excluding carboxylic acids is 1. The minimum absolute atomic E-state index is 0.0597. The molecule has 3 rings (SSSR count). The molecule has 1 atom stereocenters. The van der Waals surface area contributed by atoms with Crippen LogP contribution in [0.3, 0.4) is 0 Å². The molecule has 0 aliphatic heterocycles. The summed E-state index contributed by atoms with van der Waals surface area (Å²) in [6.45, 7) is 0.486. The van der Waals surface area contributed by atoms with E-state index < -0.39 is 6.10 Å². The fraction of sp³-hybridized carbons (Fsp3) is 0.222. The average molecular weight is 309 g/mol. The molecular weight excluding hydrogens is 290 g/mol. The summed E-state index contributed by atoms with van der Waals surface area (Å²) < 4.78 is 0. The topological polar surface area (TPSA) is 78.0 Å². The Bertz CT molecular complexity index is 750. The Kier molecular flexibility index (Phi) is 4.68. The van der Waals surface area contributed by atoms with Crippen LogP contribution in [0.4, 0.5) is 0 Å². The van der Waals surface area contributed by atoms with Crippen molar-refractivity contribution >= 4 is 16.9 Å². The number of H-pyrrole nitrogens is 1. The largest absolute Gasteiger partial charge is 0.388 e. The van der Waals surface area contributed by atoms with Crippen LogP contribution in [0.25, 0.3) is 11.0 Å². The molecule has 0 aliphatic rings. The van der Waals surface area contributed by atoms with Gasteiger partial charge in [0.05, 0.1) is 23.6 Å². The van der Waals surface area contributed by atoms with E-state index in [1.54, 1.807) is 0 Å². The number of aliphatic hydroxyl groups is 1. The monoisotopic (exact) mass is 309 g/mol. The van der Waals surface area contributed by atoms with E-state index in [0.717, 1.165) is 22.4 Å². The van der Waals surface area contributed by atoms with Crippen molar-refractivity contribution in [2.45, 2.75) is 18.9 Å². The van der Waals surface area contributed by atoms with Crippen molar-refractivity contribution in [1.82, 2.24) is 15.3 Å². The summed E-state index contributed by atoms with van der Waals surface area (Å²) >= 11 is 0. The van der Waals surface area contributed by atoms with Crippen molar-refractivity contribution in [1.29, 1.82) is 0 Å². The maximum absolute atomic E-state index is 11.9. The number of hydrogen-bond donors (Lipinski definition) is 3. The lowest BCUT2D eigenvalue weighted by atomic mass is 10.1. The third-order valence-electron chi connectivity index (χ3n) is 3.69. The van der Waals surface area contributed by atoms with Crippen LogP contribution in [0.2, 0.25) is 0 Å². The molecule has 0 spiro atoms. The first kappa shape index (κ1) is 15.2. The van der Waals surface area contributed by atoms with Crippen LogP contribution in [0.5, 0.6) is 0 Å². The predicted molar refractivity (Wildman–Crippen MR) is 88.8 cm³/mol. The molecule has 1 unspecified atom stereocenters. The molecule has 23 heavy (non-hydrogen) atoms. The van der Waals surface area contributed by atoms with E-state index >= 15 is 0 Å². The van der Waals surface area contributed by atoms with E-state index in [-0.39, 0.29) is 12.3 Å². The number of carbonyl (C=O) groups is 1. The highest BCUT2D eigenvalue weighted by Gasteiger charge is 2.12. The normalized spacial score (nSPS) is 12.2. The van der Waals surface area contributed by atoms with E-state index in [2.05, 4.69) is 15.3 Å². The molecule has 1 heterocycles.